The second-order valence-corrected chi connectivity index (χ2v) is 33.8. The number of allylic oxidation sites excluding steroid dienone is 8. The Morgan fingerprint density at radius 3 is 1.17 bits per heavy atom. The van der Waals surface area contributed by atoms with Crippen molar-refractivity contribution in [3.63, 3.8) is 0 Å². The molecule has 0 amide bonds. The van der Waals surface area contributed by atoms with Crippen LogP contribution in [-0.4, -0.2) is 46.1 Å². The van der Waals surface area contributed by atoms with Gasteiger partial charge in [0.05, 0.1) is 70.9 Å². The van der Waals surface area contributed by atoms with E-state index in [1.54, 1.807) is 0 Å². The first-order chi connectivity index (χ1) is 57.6. The van der Waals surface area contributed by atoms with E-state index < -0.39 is 11.9 Å². The SMILES string of the molecule is CCCCCCc1ccc(N(c2ccc(-c3c4nc(c(-c5ccccc5C(=O)OC)c5[n-]c(c(I)c6nc(cc7[n-]c3c(CC)c7C)C(C)=C6CC)c(CC)c5C)C(C)=C4CC)cc2)c2ccc(-c3c4nc(cc5[n-]c(c(I)c6nc(c(-c7ccccc7C(=O)OC)c7[n-]c3c(CC)c7C)C(C)=C6CC)c(CC)c5C)C(C)=C4CC)cc2)cc1.[Zn+2].[Zn+2]. The summed E-state index contributed by atoms with van der Waals surface area (Å²) in [4.78, 5) is 76.9. The summed E-state index contributed by atoms with van der Waals surface area (Å²) in [5.41, 5.74) is 43.0. The van der Waals surface area contributed by atoms with Gasteiger partial charge in [-0.15, -0.1) is 44.1 Å². The van der Waals surface area contributed by atoms with Gasteiger partial charge in [0.25, 0.3) is 0 Å². The van der Waals surface area contributed by atoms with Crippen LogP contribution in [0.1, 0.15) is 258 Å². The van der Waals surface area contributed by atoms with Gasteiger partial charge in [-0.1, -0.05) is 211 Å². The van der Waals surface area contributed by atoms with Crippen molar-refractivity contribution >= 4 is 163 Å². The molecule has 17 heteroatoms. The number of aromatic nitrogens is 8. The molecular weight excluding hydrogens is 1820 g/mol. The summed E-state index contributed by atoms with van der Waals surface area (Å²) in [7, 11) is 2.88. The average molecular weight is 1930 g/mol. The summed E-state index contributed by atoms with van der Waals surface area (Å²) >= 11 is 4.97. The molecule has 13 nitrogen and oxygen atoms in total. The fraction of sp³-hybridized carbons (Fsp3) is 0.308. The molecule has 0 aliphatic carbocycles. The van der Waals surface area contributed by atoms with Gasteiger partial charge < -0.3 is 34.3 Å². The van der Waals surface area contributed by atoms with Gasteiger partial charge in [0.15, 0.2) is 0 Å². The van der Waals surface area contributed by atoms with Crippen molar-refractivity contribution < 1.29 is 58.0 Å². The minimum atomic E-state index is -0.439. The minimum Gasteiger partial charge on any atom is -0.657 e. The summed E-state index contributed by atoms with van der Waals surface area (Å²) in [6.07, 6.45) is 11.5. The number of hydrogen-bond donors (Lipinski definition) is 0. The van der Waals surface area contributed by atoms with Crippen molar-refractivity contribution in [2.24, 2.45) is 0 Å². The number of carbonyl (C=O) groups is 2. The first kappa shape index (κ1) is 89.5. The Hall–Kier alpha value is -9.25. The summed E-state index contributed by atoms with van der Waals surface area (Å²) in [6.45, 7) is 37.5. The van der Waals surface area contributed by atoms with Crippen LogP contribution in [0.5, 0.6) is 0 Å². The zero-order valence-corrected chi connectivity index (χ0v) is 84.0. The average Bonchev–Trinajstić information content (AvgIpc) is 1.61. The van der Waals surface area contributed by atoms with Gasteiger partial charge in [0.2, 0.25) is 0 Å². The van der Waals surface area contributed by atoms with Gasteiger partial charge in [-0.3, -0.25) is 0 Å². The number of rotatable bonds is 22. The summed E-state index contributed by atoms with van der Waals surface area (Å²) in [5, 5.41) is 0. The first-order valence-corrected chi connectivity index (χ1v) is 44.7. The van der Waals surface area contributed by atoms with Gasteiger partial charge >= 0.3 is 50.9 Å². The third kappa shape index (κ3) is 15.7. The number of halogens is 2. The standard InChI is InChI=1S/C104H107I2N9O4.2Zn/c1-20-29-30-31-36-63-41-47-66(48-42-63)115(67-49-43-64(44-50-67)85-95-69(21-2)55(10)81(107-95)53-83-57(12)71(23-4)99(109-83)89(105)101-75(27-8)61(16)93(113-101)87(91-59(14)73(25-6)97(85)111-91)77-37-32-34-39-79(77)103(116)118-18)68-51-45-65(46-52-68)86-96-70(22-3)56(11)82(108-96)54-84-58(13)72(24-5)100(110-84)90(106)102-76(28-9)62(17)94(114-102)88(92-60(15)74(26-7)98(86)112-92)78-38-33-35-40-80(78)104(117)119-19;;/h32-35,37-54H,20-31,36H2,1-19H3,(H2-2,107,108,109,110,111,112,113,114,116,117);;/q-2;2*+2/p-2. The van der Waals surface area contributed by atoms with Crippen LogP contribution >= 0.6 is 45.2 Å². The molecule has 6 aromatic heterocycles. The molecule has 0 saturated carbocycles. The van der Waals surface area contributed by atoms with Crippen LogP contribution in [0.2, 0.25) is 0 Å². The second kappa shape index (κ2) is 37.4. The fourth-order valence-corrected chi connectivity index (χ4v) is 20.6. The maximum Gasteiger partial charge on any atom is 2.00 e. The molecule has 0 unspecified atom stereocenters. The van der Waals surface area contributed by atoms with Crippen LogP contribution in [0.3, 0.4) is 0 Å². The van der Waals surface area contributed by atoms with E-state index in [1.807, 2.05) is 48.5 Å². The number of carbonyl (C=O) groups excluding carboxylic acids is 2. The van der Waals surface area contributed by atoms with E-state index in [0.29, 0.717) is 47.9 Å². The molecule has 4 aliphatic heterocycles. The number of esters is 2. The van der Waals surface area contributed by atoms with E-state index in [1.165, 1.54) is 50.2 Å². The largest absolute Gasteiger partial charge is 2.00 e. The van der Waals surface area contributed by atoms with E-state index in [0.717, 1.165) is 264 Å². The number of anilines is 3. The quantitative estimate of drug-likeness (QED) is 0.0273. The Labute approximate surface area is 766 Å². The molecule has 0 atom stereocenters. The number of benzene rings is 5. The second-order valence-electron chi connectivity index (χ2n) is 31.7. The molecule has 4 aliphatic rings. The molecule has 16 bridgehead atoms. The molecule has 121 heavy (non-hydrogen) atoms. The Bertz CT molecular complexity index is 6400. The molecule has 0 N–H and O–H groups in total. The first-order valence-electron chi connectivity index (χ1n) is 42.6. The number of ether oxygens (including phenoxy) is 2. The number of methoxy groups -OCH3 is 2. The molecule has 11 aromatic rings. The maximum absolute atomic E-state index is 14.2. The normalized spacial score (nSPS) is 12.7. The Balaban J connectivity index is 0.00000632. The van der Waals surface area contributed by atoms with Crippen LogP contribution in [0.4, 0.5) is 17.1 Å². The van der Waals surface area contributed by atoms with E-state index in [-0.39, 0.29) is 39.0 Å². The van der Waals surface area contributed by atoms with Gasteiger partial charge in [-0.05, 0) is 308 Å². The van der Waals surface area contributed by atoms with Crippen LogP contribution in [0, 0.1) is 34.8 Å². The maximum atomic E-state index is 14.2. The van der Waals surface area contributed by atoms with Crippen LogP contribution in [0.25, 0.3) is 133 Å². The van der Waals surface area contributed by atoms with Crippen LogP contribution in [0.15, 0.2) is 133 Å². The molecule has 0 saturated heterocycles. The van der Waals surface area contributed by atoms with Crippen molar-refractivity contribution in [3.05, 3.63) is 247 Å². The smallest absolute Gasteiger partial charge is 0.657 e. The van der Waals surface area contributed by atoms with E-state index >= 15 is 0 Å². The number of hydrogen-bond acceptors (Lipinski definition) is 9. The van der Waals surface area contributed by atoms with Crippen molar-refractivity contribution in [3.8, 4) is 44.5 Å². The number of aryl methyl sites for hydroxylation is 9. The predicted molar refractivity (Wildman–Crippen MR) is 511 cm³/mol. The van der Waals surface area contributed by atoms with E-state index in [4.69, 9.17) is 49.3 Å². The van der Waals surface area contributed by atoms with Gasteiger partial charge in [-0.25, -0.2) is 29.5 Å². The van der Waals surface area contributed by atoms with Crippen molar-refractivity contribution in [1.82, 2.24) is 39.9 Å². The minimum absolute atomic E-state index is 0. The molecule has 608 valence electrons. The zero-order valence-electron chi connectivity index (χ0n) is 73.7. The number of fused-ring (bicyclic) bond motifs is 16. The fourth-order valence-electron chi connectivity index (χ4n) is 18.8. The third-order valence-electron chi connectivity index (χ3n) is 25.3. The molecule has 15 rings (SSSR count). The zero-order chi connectivity index (χ0) is 84.3. The monoisotopic (exact) mass is 1930 g/mol. The van der Waals surface area contributed by atoms with E-state index in [9.17, 15) is 9.59 Å². The predicted octanol–water partition coefficient (Wildman–Crippen LogP) is 27.3. The molecule has 0 fully saturated rings. The van der Waals surface area contributed by atoms with Gasteiger partial charge in [0, 0.05) is 24.2 Å². The summed E-state index contributed by atoms with van der Waals surface area (Å²) < 4.78 is 13.1. The number of unbranched alkanes of at least 4 members (excludes halogenated alkanes) is 3. The third-order valence-corrected chi connectivity index (χ3v) is 27.4. The molecule has 0 radical (unpaired) electrons. The van der Waals surface area contributed by atoms with Gasteiger partial charge in [-0.2, -0.15) is 0 Å². The molecule has 5 aromatic carbocycles. The van der Waals surface area contributed by atoms with E-state index in [2.05, 4.69) is 253 Å². The Morgan fingerprint density at radius 1 is 0.364 bits per heavy atom. The topological polar surface area (TPSA) is 164 Å². The van der Waals surface area contributed by atoms with Gasteiger partial charge in [0.1, 0.15) is 0 Å². The van der Waals surface area contributed by atoms with Crippen LogP contribution < -0.4 is 24.8 Å². The summed E-state index contributed by atoms with van der Waals surface area (Å²) in [6, 6.07) is 47.1. The Kier molecular flexibility index (Phi) is 27.7. The van der Waals surface area contributed by atoms with Crippen molar-refractivity contribution in [2.45, 2.75) is 201 Å². The van der Waals surface area contributed by atoms with Crippen molar-refractivity contribution in [1.29, 1.82) is 0 Å². The number of nitrogens with zero attached hydrogens (tertiary/aromatic N) is 9. The van der Waals surface area contributed by atoms with Crippen LogP contribution in [-0.2, 0) is 80.5 Å². The Morgan fingerprint density at radius 2 is 0.719 bits per heavy atom. The molecule has 10 heterocycles. The molecule has 0 spiro atoms. The van der Waals surface area contributed by atoms with Crippen molar-refractivity contribution in [2.75, 3.05) is 19.1 Å². The molecular formula is C104H105I2N9O4Zn2. The summed E-state index contributed by atoms with van der Waals surface area (Å²) in [5.74, 6) is -0.878.